The Kier molecular flexibility index (Phi) is 5.87. The number of benzene rings is 1. The fourth-order valence-electron chi connectivity index (χ4n) is 2.87. The molecule has 1 unspecified atom stereocenters. The summed E-state index contributed by atoms with van der Waals surface area (Å²) in [7, 11) is 0. The largest absolute Gasteiger partial charge is 0.383 e. The number of imide groups is 2. The van der Waals surface area contributed by atoms with Crippen molar-refractivity contribution in [3.63, 3.8) is 0 Å². The van der Waals surface area contributed by atoms with Crippen LogP contribution in [0.5, 0.6) is 0 Å². The molecule has 2 aliphatic heterocycles. The minimum Gasteiger partial charge on any atom is -0.383 e. The number of amides is 4. The Morgan fingerprint density at radius 3 is 2.56 bits per heavy atom. The van der Waals surface area contributed by atoms with E-state index >= 15 is 0 Å². The standard InChI is InChI=1S/C15H16N4O4.C2H6/c16-6-7-17-9-3-1-2-8-12(9)15(23)19(14(8)22)10-4-5-11(20)18-13(10)21;1-2/h1-3,10,17H,4-7,16H2,(H,18,20,21);1-2H3. The minimum atomic E-state index is -0.956. The van der Waals surface area contributed by atoms with Crippen LogP contribution in [0.15, 0.2) is 18.2 Å². The summed E-state index contributed by atoms with van der Waals surface area (Å²) in [6.45, 7) is 4.83. The number of nitrogens with two attached hydrogens (primary N) is 1. The van der Waals surface area contributed by atoms with Gasteiger partial charge in [0, 0.05) is 25.2 Å². The predicted octanol–water partition coefficient (Wildman–Crippen LogP) is 0.485. The molecule has 0 bridgehead atoms. The van der Waals surface area contributed by atoms with Gasteiger partial charge in [-0.05, 0) is 18.6 Å². The first kappa shape index (κ1) is 18.6. The van der Waals surface area contributed by atoms with Crippen LogP contribution in [-0.2, 0) is 9.59 Å². The number of hydrogen-bond acceptors (Lipinski definition) is 6. The second-order valence-electron chi connectivity index (χ2n) is 5.39. The van der Waals surface area contributed by atoms with Gasteiger partial charge in [-0.2, -0.15) is 0 Å². The molecule has 0 aromatic heterocycles. The maximum atomic E-state index is 12.7. The monoisotopic (exact) mass is 346 g/mol. The highest BCUT2D eigenvalue weighted by atomic mass is 16.2. The third kappa shape index (κ3) is 3.39. The molecule has 2 aliphatic rings. The molecule has 0 aliphatic carbocycles. The van der Waals surface area contributed by atoms with Crippen LogP contribution in [-0.4, -0.2) is 47.7 Å². The quantitative estimate of drug-likeness (QED) is 0.682. The number of hydrogen-bond donors (Lipinski definition) is 3. The Bertz CT molecular complexity index is 717. The van der Waals surface area contributed by atoms with Gasteiger partial charge in [0.15, 0.2) is 0 Å². The van der Waals surface area contributed by atoms with Crippen molar-refractivity contribution in [2.45, 2.75) is 32.7 Å². The Hall–Kier alpha value is -2.74. The maximum Gasteiger partial charge on any atom is 0.264 e. The summed E-state index contributed by atoms with van der Waals surface area (Å²) in [4.78, 5) is 49.4. The summed E-state index contributed by atoms with van der Waals surface area (Å²) in [6, 6.07) is 3.95. The number of anilines is 1. The van der Waals surface area contributed by atoms with Gasteiger partial charge in [0.25, 0.3) is 11.8 Å². The highest BCUT2D eigenvalue weighted by Crippen LogP contribution is 2.32. The van der Waals surface area contributed by atoms with E-state index < -0.39 is 29.7 Å². The fraction of sp³-hybridized carbons (Fsp3) is 0.412. The summed E-state index contributed by atoms with van der Waals surface area (Å²) < 4.78 is 0. The molecule has 8 nitrogen and oxygen atoms in total. The van der Waals surface area contributed by atoms with E-state index in [2.05, 4.69) is 10.6 Å². The van der Waals surface area contributed by atoms with E-state index in [0.29, 0.717) is 18.8 Å². The molecule has 1 aromatic carbocycles. The molecule has 4 amide bonds. The van der Waals surface area contributed by atoms with Gasteiger partial charge >= 0.3 is 0 Å². The second kappa shape index (κ2) is 7.89. The van der Waals surface area contributed by atoms with E-state index in [1.807, 2.05) is 13.8 Å². The van der Waals surface area contributed by atoms with E-state index in [9.17, 15) is 19.2 Å². The van der Waals surface area contributed by atoms with Crippen molar-refractivity contribution < 1.29 is 19.2 Å². The highest BCUT2D eigenvalue weighted by molar-refractivity contribution is 6.25. The third-order valence-electron chi connectivity index (χ3n) is 3.93. The lowest BCUT2D eigenvalue weighted by Gasteiger charge is -2.27. The van der Waals surface area contributed by atoms with Crippen molar-refractivity contribution in [2.75, 3.05) is 18.4 Å². The molecule has 25 heavy (non-hydrogen) atoms. The summed E-state index contributed by atoms with van der Waals surface area (Å²) in [5, 5.41) is 5.17. The normalized spacial score (nSPS) is 19.2. The van der Waals surface area contributed by atoms with Gasteiger partial charge in [-0.15, -0.1) is 0 Å². The van der Waals surface area contributed by atoms with E-state index in [-0.39, 0.29) is 24.0 Å². The molecule has 4 N–H and O–H groups in total. The maximum absolute atomic E-state index is 12.7. The first-order valence-electron chi connectivity index (χ1n) is 8.33. The van der Waals surface area contributed by atoms with Crippen LogP contribution in [0.2, 0.25) is 0 Å². The molecule has 0 spiro atoms. The van der Waals surface area contributed by atoms with E-state index in [4.69, 9.17) is 5.73 Å². The van der Waals surface area contributed by atoms with Gasteiger partial charge < -0.3 is 11.1 Å². The van der Waals surface area contributed by atoms with Gasteiger partial charge in [-0.25, -0.2) is 0 Å². The molecule has 0 radical (unpaired) electrons. The average Bonchev–Trinajstić information content (AvgIpc) is 2.87. The zero-order chi connectivity index (χ0) is 18.6. The third-order valence-corrected chi connectivity index (χ3v) is 3.93. The number of carbonyl (C=O) groups excluding carboxylic acids is 4. The topological polar surface area (TPSA) is 122 Å². The predicted molar refractivity (Wildman–Crippen MR) is 92.0 cm³/mol. The van der Waals surface area contributed by atoms with Crippen LogP contribution < -0.4 is 16.4 Å². The Morgan fingerprint density at radius 1 is 1.20 bits per heavy atom. The Labute approximate surface area is 145 Å². The number of fused-ring (bicyclic) bond motifs is 1. The van der Waals surface area contributed by atoms with Gasteiger partial charge in [0.2, 0.25) is 11.8 Å². The summed E-state index contributed by atoms with van der Waals surface area (Å²) in [5.41, 5.74) is 6.46. The SMILES string of the molecule is CC.NCCNc1cccc2c1C(=O)N(C1CCC(=O)NC1=O)C2=O. The molecular weight excluding hydrogens is 324 g/mol. The van der Waals surface area contributed by atoms with Gasteiger partial charge in [-0.3, -0.25) is 29.4 Å². The van der Waals surface area contributed by atoms with Gasteiger partial charge in [-0.1, -0.05) is 19.9 Å². The number of rotatable bonds is 4. The zero-order valence-corrected chi connectivity index (χ0v) is 14.3. The number of carbonyl (C=O) groups is 4. The van der Waals surface area contributed by atoms with Crippen molar-refractivity contribution in [2.24, 2.45) is 5.73 Å². The lowest BCUT2D eigenvalue weighted by Crippen LogP contribution is -2.54. The van der Waals surface area contributed by atoms with Crippen molar-refractivity contribution in [1.82, 2.24) is 10.2 Å². The molecule has 2 heterocycles. The van der Waals surface area contributed by atoms with Crippen molar-refractivity contribution in [1.29, 1.82) is 0 Å². The lowest BCUT2D eigenvalue weighted by molar-refractivity contribution is -0.136. The van der Waals surface area contributed by atoms with Gasteiger partial charge in [0.05, 0.1) is 11.1 Å². The van der Waals surface area contributed by atoms with Crippen LogP contribution in [0.4, 0.5) is 5.69 Å². The van der Waals surface area contributed by atoms with Crippen LogP contribution in [0, 0.1) is 0 Å². The summed E-state index contributed by atoms with van der Waals surface area (Å²) >= 11 is 0. The lowest BCUT2D eigenvalue weighted by atomic mass is 10.0. The first-order chi connectivity index (χ1) is 12.0. The molecule has 1 fully saturated rings. The molecule has 1 aromatic rings. The molecule has 3 rings (SSSR count). The Balaban J connectivity index is 0.00000109. The highest BCUT2D eigenvalue weighted by Gasteiger charge is 2.45. The second-order valence-corrected chi connectivity index (χ2v) is 5.39. The van der Waals surface area contributed by atoms with Crippen molar-refractivity contribution >= 4 is 29.3 Å². The van der Waals surface area contributed by atoms with Crippen molar-refractivity contribution in [3.05, 3.63) is 29.3 Å². The van der Waals surface area contributed by atoms with Crippen LogP contribution >= 0.6 is 0 Å². The minimum absolute atomic E-state index is 0.0993. The molecule has 134 valence electrons. The van der Waals surface area contributed by atoms with E-state index in [1.54, 1.807) is 18.2 Å². The summed E-state index contributed by atoms with van der Waals surface area (Å²) in [6.07, 6.45) is 0.240. The molecule has 1 atom stereocenters. The number of piperidine rings is 1. The fourth-order valence-corrected chi connectivity index (χ4v) is 2.87. The van der Waals surface area contributed by atoms with Crippen LogP contribution in [0.3, 0.4) is 0 Å². The summed E-state index contributed by atoms with van der Waals surface area (Å²) in [5.74, 6) is -2.06. The van der Waals surface area contributed by atoms with Crippen molar-refractivity contribution in [3.8, 4) is 0 Å². The number of nitrogens with zero attached hydrogens (tertiary/aromatic N) is 1. The van der Waals surface area contributed by atoms with Crippen LogP contribution in [0.1, 0.15) is 47.4 Å². The van der Waals surface area contributed by atoms with E-state index in [1.165, 1.54) is 0 Å². The molecule has 0 saturated carbocycles. The molecule has 1 saturated heterocycles. The van der Waals surface area contributed by atoms with Gasteiger partial charge in [0.1, 0.15) is 6.04 Å². The van der Waals surface area contributed by atoms with Crippen LogP contribution in [0.25, 0.3) is 0 Å². The zero-order valence-electron chi connectivity index (χ0n) is 14.3. The number of nitrogens with one attached hydrogen (secondary N) is 2. The Morgan fingerprint density at radius 2 is 1.92 bits per heavy atom. The first-order valence-corrected chi connectivity index (χ1v) is 8.33. The van der Waals surface area contributed by atoms with E-state index in [0.717, 1.165) is 4.90 Å². The molecule has 8 heteroatoms. The smallest absolute Gasteiger partial charge is 0.264 e. The molecular formula is C17H22N4O4. The average molecular weight is 346 g/mol.